The first-order chi connectivity index (χ1) is 17.3. The number of alkyl halides is 3. The number of nitrogens with one attached hydrogen (secondary N) is 3. The number of hydrogen-bond acceptors (Lipinski definition) is 6. The van der Waals surface area contributed by atoms with Crippen molar-refractivity contribution in [3.8, 4) is 5.69 Å². The quantitative estimate of drug-likeness (QED) is 0.368. The molecule has 186 valence electrons. The standard InChI is InChI=1S/C23H20ClF3N8O/c24-18-6-3-15(11-17(18)23(25,26)27)33-22(36)32-14-1-4-16(5-2-14)35-13-31-19-20(29-12-30-21(19)35)34-9-7-28-8-10-34/h1-6,11-13,28H,7-10H2,(H2,32,33,36). The summed E-state index contributed by atoms with van der Waals surface area (Å²) in [5.41, 5.74) is 1.50. The second-order valence-electron chi connectivity index (χ2n) is 8.04. The molecule has 1 fully saturated rings. The van der Waals surface area contributed by atoms with Crippen LogP contribution in [0.25, 0.3) is 16.9 Å². The van der Waals surface area contributed by atoms with E-state index in [2.05, 4.69) is 35.8 Å². The van der Waals surface area contributed by atoms with Crippen LogP contribution in [0.3, 0.4) is 0 Å². The largest absolute Gasteiger partial charge is 0.417 e. The average Bonchev–Trinajstić information content (AvgIpc) is 3.30. The van der Waals surface area contributed by atoms with Crippen molar-refractivity contribution in [2.24, 2.45) is 0 Å². The van der Waals surface area contributed by atoms with E-state index in [1.165, 1.54) is 12.4 Å². The van der Waals surface area contributed by atoms with E-state index in [1.54, 1.807) is 30.6 Å². The van der Waals surface area contributed by atoms with Crippen LogP contribution in [0.5, 0.6) is 0 Å². The SMILES string of the molecule is O=C(Nc1ccc(-n2cnc3c(N4CCNCC4)ncnc32)cc1)Nc1ccc(Cl)c(C(F)(F)F)c1. The molecule has 3 heterocycles. The number of carbonyl (C=O) groups is 1. The third-order valence-electron chi connectivity index (χ3n) is 5.66. The molecule has 1 aliphatic rings. The van der Waals surface area contributed by atoms with E-state index >= 15 is 0 Å². The number of nitrogens with zero attached hydrogens (tertiary/aromatic N) is 5. The Bertz CT molecular complexity index is 1400. The van der Waals surface area contributed by atoms with E-state index in [9.17, 15) is 18.0 Å². The van der Waals surface area contributed by atoms with Crippen molar-refractivity contribution in [2.45, 2.75) is 6.18 Å². The lowest BCUT2D eigenvalue weighted by atomic mass is 10.2. The maximum atomic E-state index is 13.0. The third-order valence-corrected chi connectivity index (χ3v) is 5.99. The molecular formula is C23H20ClF3N8O. The van der Waals surface area contributed by atoms with Gasteiger partial charge in [-0.25, -0.2) is 19.7 Å². The Hall–Kier alpha value is -3.90. The molecule has 4 aromatic rings. The van der Waals surface area contributed by atoms with Crippen molar-refractivity contribution in [3.05, 3.63) is 65.7 Å². The lowest BCUT2D eigenvalue weighted by Crippen LogP contribution is -2.44. The lowest BCUT2D eigenvalue weighted by Gasteiger charge is -2.28. The van der Waals surface area contributed by atoms with E-state index in [-0.39, 0.29) is 5.69 Å². The number of aromatic nitrogens is 4. The number of amides is 2. The van der Waals surface area contributed by atoms with Gasteiger partial charge >= 0.3 is 12.2 Å². The predicted octanol–water partition coefficient (Wildman–Crippen LogP) is 4.54. The molecule has 3 N–H and O–H groups in total. The lowest BCUT2D eigenvalue weighted by molar-refractivity contribution is -0.137. The van der Waals surface area contributed by atoms with Gasteiger partial charge in [0.05, 0.1) is 10.6 Å². The Morgan fingerprint density at radius 1 is 0.972 bits per heavy atom. The fraction of sp³-hybridized carbons (Fsp3) is 0.217. The minimum Gasteiger partial charge on any atom is -0.352 e. The van der Waals surface area contributed by atoms with E-state index in [0.717, 1.165) is 49.8 Å². The minimum absolute atomic E-state index is 0.0364. The molecule has 0 saturated carbocycles. The normalized spacial score (nSPS) is 14.2. The Morgan fingerprint density at radius 2 is 1.67 bits per heavy atom. The van der Waals surface area contributed by atoms with Crippen molar-refractivity contribution in [2.75, 3.05) is 41.7 Å². The molecule has 2 aromatic carbocycles. The van der Waals surface area contributed by atoms with E-state index < -0.39 is 22.8 Å². The fourth-order valence-electron chi connectivity index (χ4n) is 3.94. The second kappa shape index (κ2) is 9.63. The topological polar surface area (TPSA) is 100 Å². The molecular weight excluding hydrogens is 497 g/mol. The Kier molecular flexibility index (Phi) is 6.37. The van der Waals surface area contributed by atoms with Gasteiger partial charge in [0.25, 0.3) is 0 Å². The molecule has 0 aliphatic carbocycles. The van der Waals surface area contributed by atoms with Gasteiger partial charge in [0.2, 0.25) is 0 Å². The van der Waals surface area contributed by atoms with Gasteiger partial charge in [-0.3, -0.25) is 4.57 Å². The maximum Gasteiger partial charge on any atom is 0.417 e. The van der Waals surface area contributed by atoms with E-state index in [1.807, 2.05) is 4.57 Å². The van der Waals surface area contributed by atoms with Crippen LogP contribution in [0, 0.1) is 0 Å². The number of carbonyl (C=O) groups excluding carboxylic acids is 1. The highest BCUT2D eigenvalue weighted by Crippen LogP contribution is 2.36. The molecule has 0 unspecified atom stereocenters. The molecule has 2 aromatic heterocycles. The number of rotatable bonds is 4. The molecule has 5 rings (SSSR count). The van der Waals surface area contributed by atoms with Gasteiger partial charge in [0.15, 0.2) is 17.0 Å². The van der Waals surface area contributed by atoms with Gasteiger partial charge in [-0.15, -0.1) is 0 Å². The van der Waals surface area contributed by atoms with Crippen LogP contribution < -0.4 is 20.9 Å². The first-order valence-corrected chi connectivity index (χ1v) is 11.4. The van der Waals surface area contributed by atoms with Crippen LogP contribution in [0.2, 0.25) is 5.02 Å². The third kappa shape index (κ3) is 4.90. The van der Waals surface area contributed by atoms with Gasteiger partial charge in [-0.05, 0) is 42.5 Å². The number of urea groups is 1. The smallest absolute Gasteiger partial charge is 0.352 e. The number of piperazine rings is 1. The number of hydrogen-bond donors (Lipinski definition) is 3. The van der Waals surface area contributed by atoms with Crippen LogP contribution in [-0.2, 0) is 6.18 Å². The summed E-state index contributed by atoms with van der Waals surface area (Å²) in [5, 5.41) is 7.85. The molecule has 9 nitrogen and oxygen atoms in total. The zero-order valence-electron chi connectivity index (χ0n) is 18.7. The first-order valence-electron chi connectivity index (χ1n) is 11.0. The molecule has 13 heteroatoms. The molecule has 36 heavy (non-hydrogen) atoms. The molecule has 2 amide bonds. The van der Waals surface area contributed by atoms with Crippen LogP contribution in [-0.4, -0.2) is 51.7 Å². The van der Waals surface area contributed by atoms with Gasteiger partial charge in [0, 0.05) is 43.2 Å². The highest BCUT2D eigenvalue weighted by Gasteiger charge is 2.33. The molecule has 0 radical (unpaired) electrons. The van der Waals surface area contributed by atoms with Crippen LogP contribution in [0.1, 0.15) is 5.56 Å². The van der Waals surface area contributed by atoms with Crippen LogP contribution >= 0.6 is 11.6 Å². The fourth-order valence-corrected chi connectivity index (χ4v) is 4.16. The van der Waals surface area contributed by atoms with E-state index in [4.69, 9.17) is 11.6 Å². The number of fused-ring (bicyclic) bond motifs is 1. The first kappa shape index (κ1) is 23.8. The summed E-state index contributed by atoms with van der Waals surface area (Å²) in [5.74, 6) is 0.783. The summed E-state index contributed by atoms with van der Waals surface area (Å²) in [6.45, 7) is 3.40. The molecule has 0 bridgehead atoms. The molecule has 1 aliphatic heterocycles. The Balaban J connectivity index is 1.30. The zero-order chi connectivity index (χ0) is 25.3. The summed E-state index contributed by atoms with van der Waals surface area (Å²) >= 11 is 5.62. The zero-order valence-corrected chi connectivity index (χ0v) is 19.4. The highest BCUT2D eigenvalue weighted by atomic mass is 35.5. The van der Waals surface area contributed by atoms with Crippen LogP contribution in [0.4, 0.5) is 35.2 Å². The van der Waals surface area contributed by atoms with E-state index in [0.29, 0.717) is 16.9 Å². The average molecular weight is 517 g/mol. The maximum absolute atomic E-state index is 13.0. The highest BCUT2D eigenvalue weighted by molar-refractivity contribution is 6.31. The summed E-state index contributed by atoms with van der Waals surface area (Å²) in [6.07, 6.45) is -1.45. The van der Waals surface area contributed by atoms with Crippen molar-refractivity contribution < 1.29 is 18.0 Å². The van der Waals surface area contributed by atoms with Crippen molar-refractivity contribution in [1.29, 1.82) is 0 Å². The van der Waals surface area contributed by atoms with Crippen LogP contribution in [0.15, 0.2) is 55.1 Å². The summed E-state index contributed by atoms with van der Waals surface area (Å²) in [6, 6.07) is 9.35. The number of anilines is 3. The van der Waals surface area contributed by atoms with Gasteiger partial charge < -0.3 is 20.9 Å². The van der Waals surface area contributed by atoms with Gasteiger partial charge in [-0.2, -0.15) is 13.2 Å². The summed E-state index contributed by atoms with van der Waals surface area (Å²) < 4.78 is 41.0. The Morgan fingerprint density at radius 3 is 2.39 bits per heavy atom. The van der Waals surface area contributed by atoms with Crippen molar-refractivity contribution in [3.63, 3.8) is 0 Å². The molecule has 1 saturated heterocycles. The van der Waals surface area contributed by atoms with Crippen molar-refractivity contribution in [1.82, 2.24) is 24.8 Å². The summed E-state index contributed by atoms with van der Waals surface area (Å²) in [4.78, 5) is 27.8. The number of halogens is 4. The monoisotopic (exact) mass is 516 g/mol. The minimum atomic E-state index is -4.63. The number of benzene rings is 2. The number of imidazole rings is 1. The predicted molar refractivity (Wildman–Crippen MR) is 131 cm³/mol. The summed E-state index contributed by atoms with van der Waals surface area (Å²) in [7, 11) is 0. The van der Waals surface area contributed by atoms with Crippen molar-refractivity contribution >= 4 is 46.0 Å². The second-order valence-corrected chi connectivity index (χ2v) is 8.45. The van der Waals surface area contributed by atoms with Gasteiger partial charge in [-0.1, -0.05) is 11.6 Å². The molecule has 0 spiro atoms. The van der Waals surface area contributed by atoms with Gasteiger partial charge in [0.1, 0.15) is 12.7 Å². The Labute approximate surface area is 208 Å². The molecule has 0 atom stereocenters.